The number of aryl methyl sites for hydroxylation is 2. The monoisotopic (exact) mass is 735 g/mol. The van der Waals surface area contributed by atoms with Gasteiger partial charge in [0, 0.05) is 57.6 Å². The van der Waals surface area contributed by atoms with Crippen molar-refractivity contribution < 1.29 is 52.3 Å². The Hall–Kier alpha value is -5.21. The molecule has 5 rings (SSSR count). The van der Waals surface area contributed by atoms with Gasteiger partial charge in [0.1, 0.15) is 17.1 Å². The van der Waals surface area contributed by atoms with Gasteiger partial charge < -0.3 is 34.1 Å². The molecule has 2 saturated heterocycles. The zero-order valence-electron chi connectivity index (χ0n) is 30.5. The maximum Gasteiger partial charge on any atom is 0.453 e. The number of carbonyl (C=O) groups excluding carboxylic acids is 4. The first-order valence-corrected chi connectivity index (χ1v) is 17.7. The van der Waals surface area contributed by atoms with E-state index in [0.29, 0.717) is 49.5 Å². The Kier molecular flexibility index (Phi) is 13.6. The summed E-state index contributed by atoms with van der Waals surface area (Å²) in [6.07, 6.45) is 4.09. The topological polar surface area (TPSA) is 142 Å². The molecule has 2 aliphatic heterocycles. The van der Waals surface area contributed by atoms with Crippen LogP contribution in [-0.2, 0) is 19.2 Å². The van der Waals surface area contributed by atoms with E-state index in [0.717, 1.165) is 36.8 Å². The summed E-state index contributed by atoms with van der Waals surface area (Å²) in [7, 11) is 2.95. The highest BCUT2D eigenvalue weighted by atomic mass is 19.1. The minimum absolute atomic E-state index is 0.00187. The highest BCUT2D eigenvalue weighted by Gasteiger charge is 2.28. The number of methoxy groups -OCH3 is 2. The average molecular weight is 736 g/mol. The first kappa shape index (κ1) is 39.0. The van der Waals surface area contributed by atoms with Crippen molar-refractivity contribution in [2.24, 2.45) is 0 Å². The molecule has 2 aliphatic rings. The van der Waals surface area contributed by atoms with E-state index in [4.69, 9.17) is 28.7 Å². The number of likely N-dealkylation sites (tertiary alicyclic amines) is 1. The molecule has 13 nitrogen and oxygen atoms in total. The number of halogens is 1. The minimum Gasteiger partial charge on any atom is -0.467 e. The third kappa shape index (κ3) is 9.82. The highest BCUT2D eigenvalue weighted by Crippen LogP contribution is 2.33. The van der Waals surface area contributed by atoms with Gasteiger partial charge in [-0.1, -0.05) is 12.1 Å². The third-order valence-corrected chi connectivity index (χ3v) is 9.22. The van der Waals surface area contributed by atoms with Crippen LogP contribution in [0, 0.1) is 19.7 Å². The number of rotatable bonds is 12. The standard InChI is InChI=1S/C39H46FN3O10/c1-25-20-29(21-26(2)36(25)51-24-49-4)37(45)41-30-10-6-9-19-43(22-30)39(47)53-52-38(46)28-13-11-27(12-14-28)35(44)33-32(50-23-48-3)16-15-31(34(33)40)42-17-7-5-8-18-42/h11-16,20-21,30H,5-10,17-19,22-24H2,1-4H3,(H,41,45). The molecule has 0 aliphatic carbocycles. The lowest BCUT2D eigenvalue weighted by Crippen LogP contribution is -2.45. The van der Waals surface area contributed by atoms with Gasteiger partial charge in [-0.15, -0.1) is 0 Å². The van der Waals surface area contributed by atoms with E-state index in [1.165, 1.54) is 43.4 Å². The number of carbonyl (C=O) groups is 4. The third-order valence-electron chi connectivity index (χ3n) is 9.22. The number of hydrogen-bond acceptors (Lipinski definition) is 11. The molecule has 0 spiro atoms. The number of nitrogens with one attached hydrogen (secondary N) is 1. The van der Waals surface area contributed by atoms with Gasteiger partial charge in [-0.2, -0.15) is 0 Å². The van der Waals surface area contributed by atoms with Crippen LogP contribution < -0.4 is 19.7 Å². The number of nitrogens with zero attached hydrogens (tertiary/aromatic N) is 2. The molecule has 53 heavy (non-hydrogen) atoms. The van der Waals surface area contributed by atoms with Gasteiger partial charge in [-0.3, -0.25) is 9.59 Å². The number of hydrogen-bond donors (Lipinski definition) is 1. The molecule has 0 radical (unpaired) electrons. The predicted octanol–water partition coefficient (Wildman–Crippen LogP) is 6.12. The summed E-state index contributed by atoms with van der Waals surface area (Å²) >= 11 is 0. The number of benzene rings is 3. The number of anilines is 1. The maximum absolute atomic E-state index is 15.9. The van der Waals surface area contributed by atoms with Crippen LogP contribution >= 0.6 is 0 Å². The van der Waals surface area contributed by atoms with Crippen LogP contribution in [-0.4, -0.2) is 88.7 Å². The van der Waals surface area contributed by atoms with Gasteiger partial charge in [-0.25, -0.2) is 23.8 Å². The van der Waals surface area contributed by atoms with E-state index in [-0.39, 0.29) is 54.5 Å². The summed E-state index contributed by atoms with van der Waals surface area (Å²) in [5.74, 6) is -1.91. The second kappa shape index (κ2) is 18.5. The fourth-order valence-corrected chi connectivity index (χ4v) is 6.58. The van der Waals surface area contributed by atoms with Crippen molar-refractivity contribution in [1.29, 1.82) is 0 Å². The van der Waals surface area contributed by atoms with Gasteiger partial charge in [0.25, 0.3) is 5.91 Å². The molecule has 14 heteroatoms. The van der Waals surface area contributed by atoms with E-state index in [2.05, 4.69) is 5.32 Å². The van der Waals surface area contributed by atoms with E-state index in [1.54, 1.807) is 24.3 Å². The smallest absolute Gasteiger partial charge is 0.453 e. The molecule has 284 valence electrons. The predicted molar refractivity (Wildman–Crippen MR) is 192 cm³/mol. The summed E-state index contributed by atoms with van der Waals surface area (Å²) in [5, 5.41) is 3.00. The van der Waals surface area contributed by atoms with Crippen LogP contribution in [0.4, 0.5) is 14.9 Å². The number of ketones is 1. The molecule has 0 saturated carbocycles. The second-order valence-corrected chi connectivity index (χ2v) is 13.1. The molecule has 2 fully saturated rings. The Balaban J connectivity index is 1.19. The van der Waals surface area contributed by atoms with Crippen molar-refractivity contribution >= 4 is 29.4 Å². The molecule has 1 atom stereocenters. The second-order valence-electron chi connectivity index (χ2n) is 13.1. The number of piperidine rings is 1. The molecule has 3 aromatic carbocycles. The molecule has 2 heterocycles. The lowest BCUT2D eigenvalue weighted by molar-refractivity contribution is -0.192. The van der Waals surface area contributed by atoms with Crippen molar-refractivity contribution in [2.45, 2.75) is 58.4 Å². The Morgan fingerprint density at radius 2 is 1.42 bits per heavy atom. The van der Waals surface area contributed by atoms with E-state index in [9.17, 15) is 19.2 Å². The fraction of sp³-hybridized carbons (Fsp3) is 0.436. The quantitative estimate of drug-likeness (QED) is 0.0995. The van der Waals surface area contributed by atoms with E-state index in [1.807, 2.05) is 18.7 Å². The zero-order valence-corrected chi connectivity index (χ0v) is 30.5. The van der Waals surface area contributed by atoms with Gasteiger partial charge in [-0.05, 0) is 99.9 Å². The minimum atomic E-state index is -0.969. The average Bonchev–Trinajstić information content (AvgIpc) is 3.41. The molecule has 3 aromatic rings. The lowest BCUT2D eigenvalue weighted by atomic mass is 9.99. The summed E-state index contributed by atoms with van der Waals surface area (Å²) in [5.41, 5.74) is 2.22. The first-order valence-electron chi connectivity index (χ1n) is 17.7. The Morgan fingerprint density at radius 3 is 2.09 bits per heavy atom. The van der Waals surface area contributed by atoms with Gasteiger partial charge >= 0.3 is 12.1 Å². The van der Waals surface area contributed by atoms with E-state index < -0.39 is 23.7 Å². The zero-order chi connectivity index (χ0) is 37.9. The molecule has 0 aromatic heterocycles. The molecular weight excluding hydrogens is 689 g/mol. The van der Waals surface area contributed by atoms with Crippen molar-refractivity contribution in [2.75, 3.05) is 58.9 Å². The van der Waals surface area contributed by atoms with Gasteiger partial charge in [0.15, 0.2) is 25.2 Å². The normalized spacial score (nSPS) is 16.0. The summed E-state index contributed by atoms with van der Waals surface area (Å²) in [6.45, 7) is 5.46. The van der Waals surface area contributed by atoms with Crippen LogP contribution in [0.3, 0.4) is 0 Å². The molecular formula is C39H46FN3O10. The Labute approximate surface area is 308 Å². The highest BCUT2D eigenvalue weighted by molar-refractivity contribution is 6.11. The van der Waals surface area contributed by atoms with Crippen LogP contribution in [0.2, 0.25) is 0 Å². The van der Waals surface area contributed by atoms with Crippen LogP contribution in [0.15, 0.2) is 48.5 Å². The van der Waals surface area contributed by atoms with Crippen LogP contribution in [0.5, 0.6) is 11.5 Å². The maximum atomic E-state index is 15.9. The number of ether oxygens (including phenoxy) is 4. The van der Waals surface area contributed by atoms with E-state index >= 15 is 4.39 Å². The van der Waals surface area contributed by atoms with Gasteiger partial charge in [0.05, 0.1) is 11.3 Å². The first-order chi connectivity index (χ1) is 25.6. The molecule has 1 unspecified atom stereocenters. The van der Waals surface area contributed by atoms with Crippen LogP contribution in [0.25, 0.3) is 0 Å². The Bertz CT molecular complexity index is 1750. The van der Waals surface area contributed by atoms with Crippen molar-refractivity contribution in [3.8, 4) is 11.5 Å². The van der Waals surface area contributed by atoms with Crippen LogP contribution in [0.1, 0.15) is 86.3 Å². The van der Waals surface area contributed by atoms with Crippen molar-refractivity contribution in [3.05, 3.63) is 87.7 Å². The fourth-order valence-electron chi connectivity index (χ4n) is 6.58. The van der Waals surface area contributed by atoms with Crippen molar-refractivity contribution in [3.63, 3.8) is 0 Å². The summed E-state index contributed by atoms with van der Waals surface area (Å²) < 4.78 is 37.1. The van der Waals surface area contributed by atoms with Gasteiger partial charge in [0.2, 0.25) is 0 Å². The molecule has 1 N–H and O–H groups in total. The molecule has 0 bridgehead atoms. The Morgan fingerprint density at radius 1 is 0.774 bits per heavy atom. The molecule has 2 amide bonds. The largest absolute Gasteiger partial charge is 0.467 e. The lowest BCUT2D eigenvalue weighted by Gasteiger charge is -2.30. The number of amides is 2. The summed E-state index contributed by atoms with van der Waals surface area (Å²) in [4.78, 5) is 65.7. The van der Waals surface area contributed by atoms with Crippen molar-refractivity contribution in [1.82, 2.24) is 10.2 Å². The summed E-state index contributed by atoms with van der Waals surface area (Å²) in [6, 6.07) is 11.6. The SMILES string of the molecule is COCOc1ccc(N2CCCCC2)c(F)c1C(=O)c1ccc(C(=O)OOC(=O)N2CCCCC(NC(=O)c3cc(C)c(OCOC)c(C)c3)C2)cc1.